The van der Waals surface area contributed by atoms with Crippen LogP contribution in [-0.4, -0.2) is 48.8 Å². The number of halogens is 1. The van der Waals surface area contributed by atoms with E-state index in [1.165, 1.54) is 23.0 Å². The van der Waals surface area contributed by atoms with Gasteiger partial charge in [-0.3, -0.25) is 4.79 Å². The first-order chi connectivity index (χ1) is 13.2. The molecule has 0 saturated carbocycles. The van der Waals surface area contributed by atoms with Crippen LogP contribution in [0.1, 0.15) is 11.3 Å². The number of amides is 1. The van der Waals surface area contributed by atoms with Crippen LogP contribution in [0.3, 0.4) is 0 Å². The molecule has 0 saturated heterocycles. The molecule has 5 rings (SSSR count). The Balaban J connectivity index is 1.34. The number of aromatic nitrogens is 5. The van der Waals surface area contributed by atoms with Gasteiger partial charge >= 0.3 is 0 Å². The normalized spacial score (nSPS) is 13.9. The summed E-state index contributed by atoms with van der Waals surface area (Å²) in [5.74, 6) is 0.481. The number of anilines is 1. The third-order valence-electron chi connectivity index (χ3n) is 4.90. The summed E-state index contributed by atoms with van der Waals surface area (Å²) in [5.41, 5.74) is 4.63. The molecule has 8 nitrogen and oxygen atoms in total. The highest BCUT2D eigenvalue weighted by molar-refractivity contribution is 6.28. The Bertz CT molecular complexity index is 1170. The number of rotatable bonds is 3. The van der Waals surface area contributed by atoms with Crippen molar-refractivity contribution in [1.82, 2.24) is 29.8 Å². The van der Waals surface area contributed by atoms with E-state index in [1.54, 1.807) is 0 Å². The minimum Gasteiger partial charge on any atom is -0.359 e. The number of hydrogen-bond donors (Lipinski definition) is 3. The molecule has 1 aromatic carbocycles. The molecule has 0 atom stereocenters. The maximum atomic E-state index is 12.7. The summed E-state index contributed by atoms with van der Waals surface area (Å²) in [6, 6.07) is 8.19. The smallest absolute Gasteiger partial charge is 0.242 e. The lowest BCUT2D eigenvalue weighted by Crippen LogP contribution is -2.39. The molecule has 3 aromatic heterocycles. The highest BCUT2D eigenvalue weighted by Crippen LogP contribution is 2.27. The molecule has 1 amide bonds. The Morgan fingerprint density at radius 2 is 2.19 bits per heavy atom. The van der Waals surface area contributed by atoms with Crippen LogP contribution in [-0.2, 0) is 17.8 Å². The number of H-pyrrole nitrogens is 2. The van der Waals surface area contributed by atoms with Crippen LogP contribution in [0.5, 0.6) is 0 Å². The average Bonchev–Trinajstić information content (AvgIpc) is 3.29. The topological polar surface area (TPSA) is 103 Å². The summed E-state index contributed by atoms with van der Waals surface area (Å²) < 4.78 is 0. The lowest BCUT2D eigenvalue weighted by molar-refractivity contribution is -0.130. The third-order valence-corrected chi connectivity index (χ3v) is 5.07. The quantitative estimate of drug-likeness (QED) is 0.473. The van der Waals surface area contributed by atoms with Crippen molar-refractivity contribution >= 4 is 45.4 Å². The second-order valence-electron chi connectivity index (χ2n) is 6.49. The SMILES string of the molecule is O=C(CNc1nc(Cl)nc2nc[nH]c12)N1CCc2[nH]c3ccccc3c2C1. The Hall–Kier alpha value is -3.13. The second-order valence-corrected chi connectivity index (χ2v) is 6.83. The van der Waals surface area contributed by atoms with Crippen molar-refractivity contribution in [3.63, 3.8) is 0 Å². The van der Waals surface area contributed by atoms with E-state index in [2.05, 4.69) is 42.4 Å². The molecule has 0 unspecified atom stereocenters. The number of nitrogens with zero attached hydrogens (tertiary/aromatic N) is 4. The Kier molecular flexibility index (Phi) is 3.71. The average molecular weight is 382 g/mol. The molecule has 0 bridgehead atoms. The van der Waals surface area contributed by atoms with Crippen molar-refractivity contribution in [2.45, 2.75) is 13.0 Å². The maximum absolute atomic E-state index is 12.7. The van der Waals surface area contributed by atoms with Crippen molar-refractivity contribution in [2.75, 3.05) is 18.4 Å². The van der Waals surface area contributed by atoms with E-state index in [1.807, 2.05) is 17.0 Å². The summed E-state index contributed by atoms with van der Waals surface area (Å²) in [4.78, 5) is 33.3. The number of nitrogens with one attached hydrogen (secondary N) is 3. The molecule has 0 spiro atoms. The molecule has 9 heteroatoms. The van der Waals surface area contributed by atoms with Gasteiger partial charge in [-0.2, -0.15) is 9.97 Å². The fourth-order valence-electron chi connectivity index (χ4n) is 3.59. The molecule has 27 heavy (non-hydrogen) atoms. The molecule has 4 heterocycles. The summed E-state index contributed by atoms with van der Waals surface area (Å²) in [5, 5.41) is 4.33. The monoisotopic (exact) mass is 381 g/mol. The Labute approximate surface area is 159 Å². The summed E-state index contributed by atoms with van der Waals surface area (Å²) in [6.45, 7) is 1.41. The van der Waals surface area contributed by atoms with Crippen LogP contribution in [0, 0.1) is 0 Å². The third kappa shape index (κ3) is 2.78. The number of carbonyl (C=O) groups excluding carboxylic acids is 1. The van der Waals surface area contributed by atoms with Crippen LogP contribution >= 0.6 is 11.6 Å². The molecule has 0 aliphatic carbocycles. The Morgan fingerprint density at radius 3 is 3.11 bits per heavy atom. The number of carbonyl (C=O) groups is 1. The van der Waals surface area contributed by atoms with E-state index >= 15 is 0 Å². The van der Waals surface area contributed by atoms with Gasteiger partial charge in [0.2, 0.25) is 11.2 Å². The van der Waals surface area contributed by atoms with Gasteiger partial charge in [-0.25, -0.2) is 4.98 Å². The zero-order valence-electron chi connectivity index (χ0n) is 14.3. The molecule has 0 radical (unpaired) electrons. The molecule has 1 aliphatic rings. The molecule has 4 aromatic rings. The van der Waals surface area contributed by atoms with Crippen molar-refractivity contribution in [3.8, 4) is 0 Å². The predicted octanol–water partition coefficient (Wildman–Crippen LogP) is 2.48. The number of imidazole rings is 1. The van der Waals surface area contributed by atoms with Crippen LogP contribution in [0.2, 0.25) is 5.28 Å². The molecule has 1 aliphatic heterocycles. The number of hydrogen-bond acceptors (Lipinski definition) is 5. The van der Waals surface area contributed by atoms with Crippen molar-refractivity contribution in [1.29, 1.82) is 0 Å². The van der Waals surface area contributed by atoms with Crippen LogP contribution in [0.25, 0.3) is 22.1 Å². The molecule has 0 fully saturated rings. The van der Waals surface area contributed by atoms with Gasteiger partial charge in [0.1, 0.15) is 5.52 Å². The number of aromatic amines is 2. The van der Waals surface area contributed by atoms with E-state index in [0.29, 0.717) is 30.1 Å². The van der Waals surface area contributed by atoms with E-state index in [-0.39, 0.29) is 17.7 Å². The number of benzene rings is 1. The first kappa shape index (κ1) is 16.1. The van der Waals surface area contributed by atoms with Gasteiger partial charge in [-0.15, -0.1) is 0 Å². The minimum absolute atomic E-state index is 0.00771. The number of para-hydroxylation sites is 1. The van der Waals surface area contributed by atoms with Gasteiger partial charge in [0.25, 0.3) is 0 Å². The van der Waals surface area contributed by atoms with Gasteiger partial charge in [0.15, 0.2) is 11.5 Å². The second kappa shape index (κ2) is 6.24. The predicted molar refractivity (Wildman–Crippen MR) is 103 cm³/mol. The van der Waals surface area contributed by atoms with Crippen molar-refractivity contribution in [2.24, 2.45) is 0 Å². The van der Waals surface area contributed by atoms with Crippen molar-refractivity contribution < 1.29 is 4.79 Å². The van der Waals surface area contributed by atoms with E-state index < -0.39 is 0 Å². The van der Waals surface area contributed by atoms with Gasteiger partial charge in [0.05, 0.1) is 12.9 Å². The lowest BCUT2D eigenvalue weighted by Gasteiger charge is -2.27. The minimum atomic E-state index is 0.00771. The first-order valence-electron chi connectivity index (χ1n) is 8.66. The zero-order chi connectivity index (χ0) is 18.4. The zero-order valence-corrected chi connectivity index (χ0v) is 15.0. The summed E-state index contributed by atoms with van der Waals surface area (Å²) in [6.07, 6.45) is 2.34. The summed E-state index contributed by atoms with van der Waals surface area (Å²) >= 11 is 5.93. The Morgan fingerprint density at radius 1 is 1.30 bits per heavy atom. The largest absolute Gasteiger partial charge is 0.359 e. The van der Waals surface area contributed by atoms with Crippen LogP contribution in [0.4, 0.5) is 5.82 Å². The molecule has 3 N–H and O–H groups in total. The van der Waals surface area contributed by atoms with Crippen molar-refractivity contribution in [3.05, 3.63) is 47.1 Å². The first-order valence-corrected chi connectivity index (χ1v) is 9.03. The van der Waals surface area contributed by atoms with Gasteiger partial charge < -0.3 is 20.2 Å². The van der Waals surface area contributed by atoms with E-state index in [0.717, 1.165) is 11.9 Å². The lowest BCUT2D eigenvalue weighted by atomic mass is 10.0. The van der Waals surface area contributed by atoms with Crippen LogP contribution in [0.15, 0.2) is 30.6 Å². The highest BCUT2D eigenvalue weighted by Gasteiger charge is 2.24. The van der Waals surface area contributed by atoms with Gasteiger partial charge in [-0.1, -0.05) is 18.2 Å². The van der Waals surface area contributed by atoms with E-state index in [9.17, 15) is 4.79 Å². The number of fused-ring (bicyclic) bond motifs is 4. The van der Waals surface area contributed by atoms with E-state index in [4.69, 9.17) is 11.6 Å². The molecular weight excluding hydrogens is 366 g/mol. The van der Waals surface area contributed by atoms with Crippen LogP contribution < -0.4 is 5.32 Å². The highest BCUT2D eigenvalue weighted by atomic mass is 35.5. The van der Waals surface area contributed by atoms with Gasteiger partial charge in [0, 0.05) is 41.7 Å². The molecular formula is C18H16ClN7O. The maximum Gasteiger partial charge on any atom is 0.242 e. The molecule has 136 valence electrons. The fourth-order valence-corrected chi connectivity index (χ4v) is 3.75. The standard InChI is InChI=1S/C18H16ClN7O/c19-18-24-16(15-17(25-18)22-9-21-15)20-7-14(27)26-6-5-13-11(8-26)10-3-1-2-4-12(10)23-13/h1-4,9,23H,5-8H2,(H2,20,21,22,24,25). The fraction of sp³-hybridized carbons (Fsp3) is 0.222. The summed E-state index contributed by atoms with van der Waals surface area (Å²) in [7, 11) is 0. The van der Waals surface area contributed by atoms with Gasteiger partial charge in [-0.05, 0) is 17.7 Å².